The molecular formula is C26H25BrN2O4S. The lowest BCUT2D eigenvalue weighted by Crippen LogP contribution is -2.39. The molecular weight excluding hydrogens is 516 g/mol. The average Bonchev–Trinajstić information content (AvgIpc) is 3.10. The van der Waals surface area contributed by atoms with Crippen molar-refractivity contribution in [3.63, 3.8) is 0 Å². The maximum Gasteiger partial charge on any atom is 0.338 e. The number of nitrogens with zero attached hydrogens (tertiary/aromatic N) is 2. The highest BCUT2D eigenvalue weighted by molar-refractivity contribution is 9.10. The molecule has 176 valence electrons. The van der Waals surface area contributed by atoms with Gasteiger partial charge in [0.1, 0.15) is 5.75 Å². The number of phenolic OH excluding ortho intramolecular Hbond substituents is 1. The molecule has 0 saturated heterocycles. The molecule has 2 aromatic carbocycles. The molecule has 0 spiro atoms. The first kappa shape index (κ1) is 24.2. The Morgan fingerprint density at radius 1 is 1.26 bits per heavy atom. The van der Waals surface area contributed by atoms with Crippen molar-refractivity contribution >= 4 is 39.3 Å². The number of carbonyl (C=O) groups excluding carboxylic acids is 1. The molecule has 1 atom stereocenters. The third-order valence-electron chi connectivity index (χ3n) is 5.71. The van der Waals surface area contributed by atoms with Crippen LogP contribution in [0.15, 0.2) is 68.0 Å². The zero-order valence-corrected chi connectivity index (χ0v) is 21.7. The first-order valence-corrected chi connectivity index (χ1v) is 12.6. The zero-order valence-electron chi connectivity index (χ0n) is 19.3. The van der Waals surface area contributed by atoms with E-state index in [1.165, 1.54) is 16.9 Å². The van der Waals surface area contributed by atoms with Crippen LogP contribution in [0.2, 0.25) is 0 Å². The summed E-state index contributed by atoms with van der Waals surface area (Å²) in [6, 6.07) is 12.3. The minimum Gasteiger partial charge on any atom is -0.507 e. The maximum atomic E-state index is 13.6. The van der Waals surface area contributed by atoms with Crippen LogP contribution in [0, 0.1) is 0 Å². The van der Waals surface area contributed by atoms with Crippen molar-refractivity contribution in [1.82, 2.24) is 4.57 Å². The van der Waals surface area contributed by atoms with Crippen LogP contribution in [-0.4, -0.2) is 22.2 Å². The zero-order chi connectivity index (χ0) is 24.6. The van der Waals surface area contributed by atoms with E-state index in [4.69, 9.17) is 4.74 Å². The monoisotopic (exact) mass is 540 g/mol. The number of ether oxygens (including phenoxy) is 1. The van der Waals surface area contributed by atoms with Crippen molar-refractivity contribution < 1.29 is 14.6 Å². The number of halogens is 1. The molecule has 3 aromatic rings. The Hall–Kier alpha value is -2.97. The molecule has 6 nitrogen and oxygen atoms in total. The second-order valence-electron chi connectivity index (χ2n) is 8.33. The van der Waals surface area contributed by atoms with Crippen LogP contribution in [0.5, 0.6) is 5.75 Å². The van der Waals surface area contributed by atoms with Gasteiger partial charge in [-0.1, -0.05) is 65.4 Å². The molecule has 1 aromatic heterocycles. The van der Waals surface area contributed by atoms with Gasteiger partial charge in [-0.25, -0.2) is 9.79 Å². The van der Waals surface area contributed by atoms with Gasteiger partial charge in [-0.15, -0.1) is 0 Å². The fraction of sp³-hybridized carbons (Fsp3) is 0.269. The molecule has 4 rings (SSSR count). The molecule has 0 aliphatic carbocycles. The normalized spacial score (nSPS) is 15.9. The number of aromatic hydroxyl groups is 1. The van der Waals surface area contributed by atoms with Gasteiger partial charge in [0.05, 0.1) is 28.5 Å². The van der Waals surface area contributed by atoms with Crippen molar-refractivity contribution in [3.05, 3.63) is 94.6 Å². The predicted octanol–water partition coefficient (Wildman–Crippen LogP) is 4.39. The number of thiazole rings is 1. The fourth-order valence-electron chi connectivity index (χ4n) is 3.95. The van der Waals surface area contributed by atoms with E-state index in [0.717, 1.165) is 10.0 Å². The number of rotatable bonds is 5. The summed E-state index contributed by atoms with van der Waals surface area (Å²) in [6.07, 6.45) is 1.65. The van der Waals surface area contributed by atoms with Crippen molar-refractivity contribution in [2.45, 2.75) is 39.7 Å². The molecule has 0 amide bonds. The lowest BCUT2D eigenvalue weighted by molar-refractivity contribution is -0.139. The third kappa shape index (κ3) is 4.52. The summed E-state index contributed by atoms with van der Waals surface area (Å²) in [5.41, 5.74) is 3.08. The molecule has 1 aliphatic rings. The van der Waals surface area contributed by atoms with Crippen LogP contribution >= 0.6 is 27.3 Å². The van der Waals surface area contributed by atoms with Crippen LogP contribution < -0.4 is 14.9 Å². The Balaban J connectivity index is 1.95. The third-order valence-corrected chi connectivity index (χ3v) is 7.19. The van der Waals surface area contributed by atoms with Crippen LogP contribution in [-0.2, 0) is 9.53 Å². The number of fused-ring (bicyclic) bond motifs is 1. The van der Waals surface area contributed by atoms with Crippen molar-refractivity contribution in [2.24, 2.45) is 4.99 Å². The van der Waals surface area contributed by atoms with E-state index in [1.54, 1.807) is 42.7 Å². The van der Waals surface area contributed by atoms with Gasteiger partial charge in [-0.2, -0.15) is 0 Å². The summed E-state index contributed by atoms with van der Waals surface area (Å²) in [5.74, 6) is -0.0606. The van der Waals surface area contributed by atoms with Crippen LogP contribution in [0.4, 0.5) is 0 Å². The van der Waals surface area contributed by atoms with Gasteiger partial charge in [0.15, 0.2) is 4.80 Å². The van der Waals surface area contributed by atoms with E-state index in [0.29, 0.717) is 32.1 Å². The first-order chi connectivity index (χ1) is 16.2. The summed E-state index contributed by atoms with van der Waals surface area (Å²) in [7, 11) is 0. The summed E-state index contributed by atoms with van der Waals surface area (Å²) in [5, 5.41) is 10.3. The van der Waals surface area contributed by atoms with Gasteiger partial charge in [-0.3, -0.25) is 9.36 Å². The van der Waals surface area contributed by atoms with Crippen LogP contribution in [0.1, 0.15) is 56.3 Å². The van der Waals surface area contributed by atoms with E-state index in [2.05, 4.69) is 34.8 Å². The Morgan fingerprint density at radius 3 is 2.62 bits per heavy atom. The number of benzene rings is 2. The summed E-state index contributed by atoms with van der Waals surface area (Å²) >= 11 is 4.62. The van der Waals surface area contributed by atoms with Crippen LogP contribution in [0.3, 0.4) is 0 Å². The average molecular weight is 541 g/mol. The van der Waals surface area contributed by atoms with Gasteiger partial charge < -0.3 is 9.84 Å². The van der Waals surface area contributed by atoms with Crippen molar-refractivity contribution in [3.8, 4) is 5.75 Å². The Labute approximate surface area is 209 Å². The SMILES string of the molecule is CCOC(=O)C1=C(C)N=c2sc(=Cc3cc(Br)ccc3O)c(=O)n2C1c1ccc(C(C)C)cc1. The van der Waals surface area contributed by atoms with Crippen molar-refractivity contribution in [2.75, 3.05) is 6.61 Å². The second-order valence-corrected chi connectivity index (χ2v) is 10.3. The lowest BCUT2D eigenvalue weighted by Gasteiger charge is -2.25. The van der Waals surface area contributed by atoms with E-state index in [-0.39, 0.29) is 17.9 Å². The molecule has 2 heterocycles. The highest BCUT2D eigenvalue weighted by atomic mass is 79.9. The number of aromatic nitrogens is 1. The van der Waals surface area contributed by atoms with E-state index in [9.17, 15) is 14.7 Å². The molecule has 0 saturated carbocycles. The quantitative estimate of drug-likeness (QED) is 0.486. The molecule has 0 fully saturated rings. The lowest BCUT2D eigenvalue weighted by atomic mass is 9.93. The molecule has 1 N–H and O–H groups in total. The topological polar surface area (TPSA) is 80.9 Å². The number of hydrogen-bond donors (Lipinski definition) is 1. The second kappa shape index (κ2) is 9.72. The minimum atomic E-state index is -0.658. The number of allylic oxidation sites excluding steroid dienone is 1. The van der Waals surface area contributed by atoms with E-state index >= 15 is 0 Å². The van der Waals surface area contributed by atoms with Gasteiger partial charge >= 0.3 is 5.97 Å². The summed E-state index contributed by atoms with van der Waals surface area (Å²) < 4.78 is 8.08. The molecule has 0 radical (unpaired) electrons. The van der Waals surface area contributed by atoms with E-state index in [1.807, 2.05) is 24.3 Å². The number of phenols is 1. The highest BCUT2D eigenvalue weighted by Crippen LogP contribution is 2.31. The van der Waals surface area contributed by atoms with Gasteiger partial charge in [0, 0.05) is 10.0 Å². The summed E-state index contributed by atoms with van der Waals surface area (Å²) in [4.78, 5) is 31.7. The molecule has 0 bridgehead atoms. The molecule has 34 heavy (non-hydrogen) atoms. The van der Waals surface area contributed by atoms with Gasteiger partial charge in [0.2, 0.25) is 0 Å². The number of esters is 1. The van der Waals surface area contributed by atoms with Gasteiger partial charge in [0.25, 0.3) is 5.56 Å². The minimum absolute atomic E-state index is 0.0678. The molecule has 8 heteroatoms. The first-order valence-electron chi connectivity index (χ1n) is 11.0. The smallest absolute Gasteiger partial charge is 0.338 e. The Morgan fingerprint density at radius 2 is 1.97 bits per heavy atom. The number of hydrogen-bond acceptors (Lipinski definition) is 6. The summed E-state index contributed by atoms with van der Waals surface area (Å²) in [6.45, 7) is 7.97. The highest BCUT2D eigenvalue weighted by Gasteiger charge is 2.33. The largest absolute Gasteiger partial charge is 0.507 e. The molecule has 1 unspecified atom stereocenters. The molecule has 1 aliphatic heterocycles. The Bertz CT molecular complexity index is 1470. The fourth-order valence-corrected chi connectivity index (χ4v) is 5.37. The van der Waals surface area contributed by atoms with E-state index < -0.39 is 12.0 Å². The standard InChI is InChI=1S/C26H25BrN2O4S/c1-5-33-25(32)22-15(4)28-26-29(23(22)17-8-6-16(7-9-17)14(2)3)24(31)21(34-26)13-18-12-19(27)10-11-20(18)30/h6-14,23,30H,5H2,1-4H3. The van der Waals surface area contributed by atoms with Crippen LogP contribution in [0.25, 0.3) is 6.08 Å². The predicted molar refractivity (Wildman–Crippen MR) is 137 cm³/mol. The Kier molecular flexibility index (Phi) is 6.91. The van der Waals surface area contributed by atoms with Gasteiger partial charge in [-0.05, 0) is 55.2 Å². The number of carbonyl (C=O) groups is 1. The van der Waals surface area contributed by atoms with Crippen molar-refractivity contribution in [1.29, 1.82) is 0 Å². The maximum absolute atomic E-state index is 13.6.